The fourth-order valence-electron chi connectivity index (χ4n) is 1.41. The van der Waals surface area contributed by atoms with Crippen LogP contribution in [0.2, 0.25) is 0 Å². The van der Waals surface area contributed by atoms with Gasteiger partial charge in [-0.1, -0.05) is 6.92 Å². The molecule has 96 valence electrons. The normalized spacial score (nSPS) is 16.8. The molecular formula is C11H23NO4. The zero-order chi connectivity index (χ0) is 12.6. The number of carboxylic acids is 1. The van der Waals surface area contributed by atoms with Crippen molar-refractivity contribution in [2.24, 2.45) is 0 Å². The molecule has 0 saturated heterocycles. The first-order valence-electron chi connectivity index (χ1n) is 5.55. The maximum absolute atomic E-state index is 11.1. The Labute approximate surface area is 97.1 Å². The van der Waals surface area contributed by atoms with Crippen LogP contribution in [-0.2, 0) is 14.3 Å². The van der Waals surface area contributed by atoms with E-state index in [0.717, 1.165) is 0 Å². The van der Waals surface area contributed by atoms with Gasteiger partial charge in [-0.3, -0.25) is 4.79 Å². The minimum atomic E-state index is -0.915. The van der Waals surface area contributed by atoms with Crippen LogP contribution in [0.4, 0.5) is 0 Å². The van der Waals surface area contributed by atoms with Gasteiger partial charge in [0.2, 0.25) is 0 Å². The van der Waals surface area contributed by atoms with E-state index in [1.165, 1.54) is 0 Å². The number of likely N-dealkylation sites (N-methyl/N-ethyl adjacent to an activating group) is 1. The minimum Gasteiger partial charge on any atom is -0.480 e. The number of carboxylic acid groups (broad SMARTS) is 1. The summed E-state index contributed by atoms with van der Waals surface area (Å²) >= 11 is 0. The number of carbonyl (C=O) groups is 1. The molecule has 2 unspecified atom stereocenters. The maximum Gasteiger partial charge on any atom is 0.323 e. The van der Waals surface area contributed by atoms with E-state index >= 15 is 0 Å². The highest BCUT2D eigenvalue weighted by Gasteiger charge is 2.31. The Morgan fingerprint density at radius 3 is 2.62 bits per heavy atom. The minimum absolute atomic E-state index is 0.00956. The van der Waals surface area contributed by atoms with Crippen LogP contribution < -0.4 is 5.32 Å². The third-order valence-corrected chi connectivity index (χ3v) is 2.44. The van der Waals surface area contributed by atoms with Gasteiger partial charge >= 0.3 is 5.97 Å². The summed E-state index contributed by atoms with van der Waals surface area (Å²) in [6.45, 7) is 7.00. The van der Waals surface area contributed by atoms with E-state index in [0.29, 0.717) is 26.2 Å². The van der Waals surface area contributed by atoms with Crippen molar-refractivity contribution in [1.82, 2.24) is 5.32 Å². The number of aliphatic carboxylic acids is 1. The quantitative estimate of drug-likeness (QED) is 0.619. The first-order valence-corrected chi connectivity index (χ1v) is 5.55. The molecule has 0 aromatic carbocycles. The maximum atomic E-state index is 11.1. The lowest BCUT2D eigenvalue weighted by Gasteiger charge is -2.26. The van der Waals surface area contributed by atoms with Gasteiger partial charge in [-0.25, -0.2) is 0 Å². The molecule has 2 atom stereocenters. The smallest absolute Gasteiger partial charge is 0.323 e. The number of nitrogens with one attached hydrogen (secondary N) is 1. The van der Waals surface area contributed by atoms with Gasteiger partial charge in [-0.05, 0) is 26.8 Å². The average Bonchev–Trinajstić information content (AvgIpc) is 2.18. The van der Waals surface area contributed by atoms with E-state index in [-0.39, 0.29) is 6.10 Å². The summed E-state index contributed by atoms with van der Waals surface area (Å²) < 4.78 is 10.4. The number of ether oxygens (including phenoxy) is 2. The molecule has 0 spiro atoms. The summed E-state index contributed by atoms with van der Waals surface area (Å²) in [5.41, 5.74) is -0.915. The van der Waals surface area contributed by atoms with Crippen LogP contribution in [0, 0.1) is 0 Å². The van der Waals surface area contributed by atoms with E-state index in [9.17, 15) is 4.79 Å². The zero-order valence-corrected chi connectivity index (χ0v) is 10.6. The van der Waals surface area contributed by atoms with Crippen molar-refractivity contribution >= 4 is 5.97 Å². The van der Waals surface area contributed by atoms with Crippen molar-refractivity contribution in [3.05, 3.63) is 0 Å². The van der Waals surface area contributed by atoms with E-state index < -0.39 is 11.5 Å². The van der Waals surface area contributed by atoms with Crippen LogP contribution in [0.15, 0.2) is 0 Å². The third-order valence-electron chi connectivity index (χ3n) is 2.44. The van der Waals surface area contributed by atoms with Gasteiger partial charge in [0, 0.05) is 13.7 Å². The Balaban J connectivity index is 3.99. The Morgan fingerprint density at radius 1 is 1.56 bits per heavy atom. The summed E-state index contributed by atoms with van der Waals surface area (Å²) in [6.07, 6.45) is 0.425. The van der Waals surface area contributed by atoms with Crippen molar-refractivity contribution in [3.8, 4) is 0 Å². The first-order chi connectivity index (χ1) is 7.46. The molecule has 0 rings (SSSR count). The van der Waals surface area contributed by atoms with Crippen molar-refractivity contribution in [2.75, 3.05) is 26.9 Å². The molecule has 0 heterocycles. The van der Waals surface area contributed by atoms with Gasteiger partial charge in [-0.2, -0.15) is 0 Å². The number of hydrogen-bond acceptors (Lipinski definition) is 4. The van der Waals surface area contributed by atoms with Crippen LogP contribution in [0.5, 0.6) is 0 Å². The van der Waals surface area contributed by atoms with Crippen LogP contribution in [-0.4, -0.2) is 49.6 Å². The molecule has 0 saturated carbocycles. The molecule has 5 heteroatoms. The summed E-state index contributed by atoms with van der Waals surface area (Å²) in [5.74, 6) is -0.850. The Bertz CT molecular complexity index is 210. The highest BCUT2D eigenvalue weighted by Crippen LogP contribution is 2.10. The zero-order valence-electron chi connectivity index (χ0n) is 10.6. The Hall–Kier alpha value is -0.650. The second-order valence-corrected chi connectivity index (χ2v) is 4.05. The fourth-order valence-corrected chi connectivity index (χ4v) is 1.41. The molecule has 5 nitrogen and oxygen atoms in total. The van der Waals surface area contributed by atoms with Crippen LogP contribution in [0.25, 0.3) is 0 Å². The molecule has 0 fully saturated rings. The molecule has 16 heavy (non-hydrogen) atoms. The molecule has 2 N–H and O–H groups in total. The standard InChI is InChI=1S/C11H23NO4/c1-5-12-11(3,10(13)14)6-7-16-9(2)8-15-4/h9,12H,5-8H2,1-4H3,(H,13,14). The number of hydrogen-bond donors (Lipinski definition) is 2. The number of methoxy groups -OCH3 is 1. The van der Waals surface area contributed by atoms with Crippen molar-refractivity contribution in [2.45, 2.75) is 38.8 Å². The van der Waals surface area contributed by atoms with E-state index in [1.54, 1.807) is 14.0 Å². The lowest BCUT2D eigenvalue weighted by Crippen LogP contribution is -2.50. The van der Waals surface area contributed by atoms with Gasteiger partial charge in [0.25, 0.3) is 0 Å². The monoisotopic (exact) mass is 233 g/mol. The molecule has 0 aromatic rings. The summed E-state index contributed by atoms with van der Waals surface area (Å²) in [4.78, 5) is 11.1. The van der Waals surface area contributed by atoms with E-state index in [4.69, 9.17) is 14.6 Å². The molecule has 0 aliphatic heterocycles. The van der Waals surface area contributed by atoms with Gasteiger partial charge < -0.3 is 19.9 Å². The molecule has 0 aliphatic carbocycles. The second-order valence-electron chi connectivity index (χ2n) is 4.05. The average molecular weight is 233 g/mol. The molecular weight excluding hydrogens is 210 g/mol. The topological polar surface area (TPSA) is 67.8 Å². The van der Waals surface area contributed by atoms with Gasteiger partial charge in [0.1, 0.15) is 5.54 Å². The third kappa shape index (κ3) is 5.44. The predicted molar refractivity (Wildman–Crippen MR) is 61.6 cm³/mol. The van der Waals surface area contributed by atoms with Gasteiger partial charge in [0.15, 0.2) is 0 Å². The summed E-state index contributed by atoms with van der Waals surface area (Å²) in [6, 6.07) is 0. The van der Waals surface area contributed by atoms with Crippen LogP contribution in [0.1, 0.15) is 27.2 Å². The largest absolute Gasteiger partial charge is 0.480 e. The predicted octanol–water partition coefficient (Wildman–Crippen LogP) is 0.881. The first kappa shape index (κ1) is 15.3. The molecule has 0 bridgehead atoms. The lowest BCUT2D eigenvalue weighted by atomic mass is 9.98. The van der Waals surface area contributed by atoms with Crippen LogP contribution >= 0.6 is 0 Å². The molecule has 0 amide bonds. The van der Waals surface area contributed by atoms with Crippen molar-refractivity contribution < 1.29 is 19.4 Å². The Kier molecular flexibility index (Phi) is 7.29. The van der Waals surface area contributed by atoms with Gasteiger partial charge in [-0.15, -0.1) is 0 Å². The fraction of sp³-hybridized carbons (Fsp3) is 0.909. The van der Waals surface area contributed by atoms with E-state index in [2.05, 4.69) is 5.32 Å². The van der Waals surface area contributed by atoms with E-state index in [1.807, 2.05) is 13.8 Å². The highest BCUT2D eigenvalue weighted by molar-refractivity contribution is 5.78. The molecule has 0 aromatic heterocycles. The van der Waals surface area contributed by atoms with Crippen molar-refractivity contribution in [3.63, 3.8) is 0 Å². The van der Waals surface area contributed by atoms with Crippen LogP contribution in [0.3, 0.4) is 0 Å². The SMILES string of the molecule is CCNC(C)(CCOC(C)COC)C(=O)O. The summed E-state index contributed by atoms with van der Waals surface area (Å²) in [7, 11) is 1.61. The highest BCUT2D eigenvalue weighted by atomic mass is 16.5. The lowest BCUT2D eigenvalue weighted by molar-refractivity contribution is -0.145. The Morgan fingerprint density at radius 2 is 2.19 bits per heavy atom. The molecule has 0 radical (unpaired) electrons. The number of rotatable bonds is 9. The summed E-state index contributed by atoms with van der Waals surface area (Å²) in [5, 5.41) is 12.0. The van der Waals surface area contributed by atoms with Gasteiger partial charge in [0.05, 0.1) is 12.7 Å². The molecule has 0 aliphatic rings. The van der Waals surface area contributed by atoms with Crippen molar-refractivity contribution in [1.29, 1.82) is 0 Å². The second kappa shape index (κ2) is 7.60.